The van der Waals surface area contributed by atoms with Gasteiger partial charge in [0.15, 0.2) is 0 Å². The van der Waals surface area contributed by atoms with Crippen molar-refractivity contribution < 1.29 is 0 Å². The van der Waals surface area contributed by atoms with Crippen LogP contribution in [-0.4, -0.2) is 19.1 Å². The number of rotatable bonds is 5. The fraction of sp³-hybridized carbons (Fsp3) is 0.429. The van der Waals surface area contributed by atoms with Crippen LogP contribution < -0.4 is 11.2 Å². The molecule has 1 aromatic rings. The number of nitrogens with one attached hydrogen (secondary N) is 1. The molecule has 3 nitrogen and oxygen atoms in total. The molecule has 1 rings (SSSR count). The van der Waals surface area contributed by atoms with Crippen LogP contribution in [0, 0.1) is 6.92 Å². The maximum atomic E-state index is 6.10. The number of nitrogens with zero attached hydrogens (tertiary/aromatic N) is 1. The van der Waals surface area contributed by atoms with E-state index in [1.165, 1.54) is 11.1 Å². The molecule has 0 heterocycles. The lowest BCUT2D eigenvalue weighted by molar-refractivity contribution is 0.469. The van der Waals surface area contributed by atoms with Crippen molar-refractivity contribution in [2.45, 2.75) is 26.2 Å². The van der Waals surface area contributed by atoms with Crippen molar-refractivity contribution in [1.29, 1.82) is 0 Å². The van der Waals surface area contributed by atoms with Crippen molar-refractivity contribution in [2.24, 2.45) is 5.84 Å². The van der Waals surface area contributed by atoms with Crippen LogP contribution in [0.25, 0.3) is 0 Å². The molecule has 0 bridgehead atoms. The summed E-state index contributed by atoms with van der Waals surface area (Å²) in [5, 5.41) is 5.56. The summed E-state index contributed by atoms with van der Waals surface area (Å²) in [6.45, 7) is 4.26. The quantitative estimate of drug-likeness (QED) is 0.637. The standard InChI is InChI=1S/C14H22ClN3/c1-5-12(14(17-3)9-18(4)16)13-8-11(15)7-6-10(13)2/h6-9,12,17H,5,16H2,1-4H3/b14-9+. The molecular weight excluding hydrogens is 246 g/mol. The fourth-order valence-electron chi connectivity index (χ4n) is 2.14. The molecule has 1 aromatic carbocycles. The van der Waals surface area contributed by atoms with Gasteiger partial charge in [-0.1, -0.05) is 24.6 Å². The van der Waals surface area contributed by atoms with Crippen molar-refractivity contribution in [3.63, 3.8) is 0 Å². The third-order valence-corrected chi connectivity index (χ3v) is 3.27. The average molecular weight is 268 g/mol. The monoisotopic (exact) mass is 267 g/mol. The van der Waals surface area contributed by atoms with E-state index >= 15 is 0 Å². The molecule has 0 amide bonds. The van der Waals surface area contributed by atoms with Gasteiger partial charge in [0.1, 0.15) is 0 Å². The summed E-state index contributed by atoms with van der Waals surface area (Å²) >= 11 is 6.10. The Balaban J connectivity index is 3.19. The Bertz CT molecular complexity index is 427. The van der Waals surface area contributed by atoms with Crippen molar-refractivity contribution in [3.05, 3.63) is 46.2 Å². The number of nitrogens with two attached hydrogens (primary N) is 1. The molecule has 0 aliphatic carbocycles. The summed E-state index contributed by atoms with van der Waals surface area (Å²) in [6, 6.07) is 6.01. The van der Waals surface area contributed by atoms with Crippen molar-refractivity contribution in [2.75, 3.05) is 14.1 Å². The molecule has 0 saturated carbocycles. The minimum Gasteiger partial charge on any atom is -0.390 e. The molecule has 0 aromatic heterocycles. The van der Waals surface area contributed by atoms with E-state index in [1.54, 1.807) is 5.01 Å². The lowest BCUT2D eigenvalue weighted by atomic mass is 9.90. The molecule has 0 aliphatic heterocycles. The topological polar surface area (TPSA) is 41.3 Å². The van der Waals surface area contributed by atoms with Gasteiger partial charge < -0.3 is 10.3 Å². The van der Waals surface area contributed by atoms with Crippen LogP contribution in [0.2, 0.25) is 5.02 Å². The summed E-state index contributed by atoms with van der Waals surface area (Å²) in [4.78, 5) is 0. The number of benzene rings is 1. The lowest BCUT2D eigenvalue weighted by Gasteiger charge is -2.23. The molecular formula is C14H22ClN3. The number of aryl methyl sites for hydroxylation is 1. The minimum absolute atomic E-state index is 0.277. The van der Waals surface area contributed by atoms with Crippen LogP contribution in [0.4, 0.5) is 0 Å². The largest absolute Gasteiger partial charge is 0.390 e. The number of allylic oxidation sites excluding steroid dienone is 1. The Morgan fingerprint density at radius 1 is 1.56 bits per heavy atom. The SMILES string of the molecule is CCC(/C(=C\N(C)N)NC)c1cc(Cl)ccc1C. The highest BCUT2D eigenvalue weighted by Crippen LogP contribution is 2.30. The van der Waals surface area contributed by atoms with Gasteiger partial charge in [0, 0.05) is 36.9 Å². The van der Waals surface area contributed by atoms with Crippen molar-refractivity contribution >= 4 is 11.6 Å². The van der Waals surface area contributed by atoms with E-state index < -0.39 is 0 Å². The Kier molecular flexibility index (Phi) is 5.51. The number of hydrogen-bond acceptors (Lipinski definition) is 3. The Hall–Kier alpha value is -1.19. The highest BCUT2D eigenvalue weighted by Gasteiger charge is 2.16. The van der Waals surface area contributed by atoms with E-state index in [0.717, 1.165) is 17.1 Å². The number of hydrogen-bond donors (Lipinski definition) is 2. The third-order valence-electron chi connectivity index (χ3n) is 3.03. The normalized spacial score (nSPS) is 13.3. The van der Waals surface area contributed by atoms with Crippen LogP contribution in [0.5, 0.6) is 0 Å². The molecule has 0 aliphatic rings. The van der Waals surface area contributed by atoms with Gasteiger partial charge in [-0.2, -0.15) is 0 Å². The predicted octanol–water partition coefficient (Wildman–Crippen LogP) is 3.01. The Morgan fingerprint density at radius 3 is 2.72 bits per heavy atom. The van der Waals surface area contributed by atoms with Crippen LogP contribution in [0.3, 0.4) is 0 Å². The molecule has 0 fully saturated rings. The van der Waals surface area contributed by atoms with Crippen molar-refractivity contribution in [1.82, 2.24) is 10.3 Å². The van der Waals surface area contributed by atoms with Gasteiger partial charge in [0.05, 0.1) is 0 Å². The van der Waals surface area contributed by atoms with Crippen LogP contribution in [-0.2, 0) is 0 Å². The smallest absolute Gasteiger partial charge is 0.0409 e. The summed E-state index contributed by atoms with van der Waals surface area (Å²) in [7, 11) is 3.73. The first-order valence-corrected chi connectivity index (χ1v) is 6.50. The second kappa shape index (κ2) is 6.66. The molecule has 0 saturated heterocycles. The number of halogens is 1. The molecule has 18 heavy (non-hydrogen) atoms. The first kappa shape index (κ1) is 14.9. The van der Waals surface area contributed by atoms with E-state index in [0.29, 0.717) is 0 Å². The van der Waals surface area contributed by atoms with E-state index in [1.807, 2.05) is 32.4 Å². The molecule has 0 radical (unpaired) electrons. The number of hydrazine groups is 1. The summed E-state index contributed by atoms with van der Waals surface area (Å²) in [5.74, 6) is 5.98. The van der Waals surface area contributed by atoms with Crippen LogP contribution >= 0.6 is 11.6 Å². The zero-order chi connectivity index (χ0) is 13.7. The Labute approximate surface area is 115 Å². The van der Waals surface area contributed by atoms with E-state index in [2.05, 4.69) is 25.2 Å². The third kappa shape index (κ3) is 3.65. The van der Waals surface area contributed by atoms with Gasteiger partial charge >= 0.3 is 0 Å². The molecule has 3 N–H and O–H groups in total. The fourth-order valence-corrected chi connectivity index (χ4v) is 2.32. The van der Waals surface area contributed by atoms with E-state index in [-0.39, 0.29) is 5.92 Å². The van der Waals surface area contributed by atoms with Crippen molar-refractivity contribution in [3.8, 4) is 0 Å². The first-order chi connectivity index (χ1) is 8.49. The van der Waals surface area contributed by atoms with Gasteiger partial charge in [-0.15, -0.1) is 0 Å². The van der Waals surface area contributed by atoms with Crippen LogP contribution in [0.15, 0.2) is 30.1 Å². The average Bonchev–Trinajstić information content (AvgIpc) is 2.32. The van der Waals surface area contributed by atoms with Gasteiger partial charge in [-0.05, 0) is 36.6 Å². The second-order valence-electron chi connectivity index (χ2n) is 4.46. The summed E-state index contributed by atoms with van der Waals surface area (Å²) in [5.41, 5.74) is 3.58. The summed E-state index contributed by atoms with van der Waals surface area (Å²) in [6.07, 6.45) is 2.90. The highest BCUT2D eigenvalue weighted by molar-refractivity contribution is 6.30. The molecule has 100 valence electrons. The predicted molar refractivity (Wildman–Crippen MR) is 78.3 cm³/mol. The van der Waals surface area contributed by atoms with Gasteiger partial charge in [0.25, 0.3) is 0 Å². The highest BCUT2D eigenvalue weighted by atomic mass is 35.5. The van der Waals surface area contributed by atoms with Gasteiger partial charge in [0.2, 0.25) is 0 Å². The van der Waals surface area contributed by atoms with Gasteiger partial charge in [-0.3, -0.25) is 0 Å². The first-order valence-electron chi connectivity index (χ1n) is 6.12. The summed E-state index contributed by atoms with van der Waals surface area (Å²) < 4.78 is 0. The molecule has 4 heteroatoms. The zero-order valence-electron chi connectivity index (χ0n) is 11.5. The second-order valence-corrected chi connectivity index (χ2v) is 4.90. The molecule has 1 atom stereocenters. The minimum atomic E-state index is 0.277. The lowest BCUT2D eigenvalue weighted by Crippen LogP contribution is -2.24. The molecule has 1 unspecified atom stereocenters. The zero-order valence-corrected chi connectivity index (χ0v) is 12.3. The van der Waals surface area contributed by atoms with Gasteiger partial charge in [-0.25, -0.2) is 5.84 Å². The maximum absolute atomic E-state index is 6.10. The Morgan fingerprint density at radius 2 is 2.22 bits per heavy atom. The maximum Gasteiger partial charge on any atom is 0.0409 e. The van der Waals surface area contributed by atoms with Crippen LogP contribution in [0.1, 0.15) is 30.4 Å². The number of likely N-dealkylation sites (N-methyl/N-ethyl adjacent to an activating group) is 1. The van der Waals surface area contributed by atoms with E-state index in [4.69, 9.17) is 17.4 Å². The van der Waals surface area contributed by atoms with E-state index in [9.17, 15) is 0 Å². The molecule has 0 spiro atoms.